The summed E-state index contributed by atoms with van der Waals surface area (Å²) in [5, 5.41) is 22.7. The van der Waals surface area contributed by atoms with Crippen molar-refractivity contribution >= 4 is 56.5 Å². The topological polar surface area (TPSA) is 111 Å². The number of carbonyl (C=O) groups is 2. The minimum Gasteiger partial charge on any atom is -0.507 e. The number of carbonyl (C=O) groups excluding carboxylic acids is 2. The number of methoxy groups -OCH3 is 3. The van der Waals surface area contributed by atoms with E-state index in [0.717, 1.165) is 16.3 Å². The van der Waals surface area contributed by atoms with Crippen LogP contribution in [-0.2, 0) is 15.3 Å². The second-order valence-electron chi connectivity index (χ2n) is 9.79. The van der Waals surface area contributed by atoms with Gasteiger partial charge < -0.3 is 19.3 Å². The number of benzene rings is 4. The maximum atomic E-state index is 13.6. The second kappa shape index (κ2) is 12.4. The Bertz CT molecular complexity index is 1920. The van der Waals surface area contributed by atoms with E-state index in [9.17, 15) is 14.7 Å². The lowest BCUT2D eigenvalue weighted by atomic mass is 9.95. The number of thioether (sulfide) groups is 1. The fourth-order valence-electron chi connectivity index (χ4n) is 5.21. The van der Waals surface area contributed by atoms with Crippen LogP contribution in [0, 0.1) is 0 Å². The van der Waals surface area contributed by atoms with Crippen molar-refractivity contribution in [3.8, 4) is 17.2 Å². The average Bonchev–Trinajstić information content (AvgIpc) is 3.64. The van der Waals surface area contributed by atoms with Crippen molar-refractivity contribution in [3.05, 3.63) is 107 Å². The van der Waals surface area contributed by atoms with Gasteiger partial charge in [0.05, 0.1) is 32.9 Å². The summed E-state index contributed by atoms with van der Waals surface area (Å²) in [6, 6.07) is 25.2. The highest BCUT2D eigenvalue weighted by Crippen LogP contribution is 2.45. The Kier molecular flexibility index (Phi) is 8.23. The Morgan fingerprint density at radius 1 is 0.886 bits per heavy atom. The minimum atomic E-state index is -0.984. The van der Waals surface area contributed by atoms with E-state index in [4.69, 9.17) is 14.2 Å². The van der Waals surface area contributed by atoms with E-state index in [1.165, 1.54) is 49.3 Å². The van der Waals surface area contributed by atoms with Crippen molar-refractivity contribution in [2.75, 3.05) is 26.2 Å². The molecule has 1 amide bonds. The second-order valence-corrected chi connectivity index (χ2v) is 12.0. The van der Waals surface area contributed by atoms with Crippen LogP contribution in [-0.4, -0.2) is 48.3 Å². The van der Waals surface area contributed by atoms with Gasteiger partial charge in [-0.1, -0.05) is 77.7 Å². The lowest BCUT2D eigenvalue weighted by Gasteiger charge is -2.23. The maximum Gasteiger partial charge on any atom is 0.301 e. The standard InChI is InChI=1S/C33H27N3O6S2/c1-40-23-12-7-10-20(16-23)28-27(29(37)21-14-15-25(41-2)26(17-21)42-3)30(38)31(39)36(28)32-34-35-33(44-32)43-18-22-11-6-9-19-8-4-5-13-24(19)22/h4-17,28,37H,18H2,1-3H3/b29-27-. The molecule has 1 fully saturated rings. The van der Waals surface area contributed by atoms with Gasteiger partial charge in [0, 0.05) is 11.3 Å². The summed E-state index contributed by atoms with van der Waals surface area (Å²) in [6.45, 7) is 0. The van der Waals surface area contributed by atoms with Crippen molar-refractivity contribution in [1.82, 2.24) is 10.2 Å². The molecule has 1 saturated heterocycles. The smallest absolute Gasteiger partial charge is 0.301 e. The SMILES string of the molecule is COc1cccc(C2/C(=C(/O)c3ccc(OC)c(OC)c3)C(=O)C(=O)N2c2nnc(SCc3cccc4ccccc34)s2)c1. The van der Waals surface area contributed by atoms with Crippen LogP contribution in [0.5, 0.6) is 17.2 Å². The molecule has 1 aliphatic rings. The highest BCUT2D eigenvalue weighted by Gasteiger charge is 2.48. The Hall–Kier alpha value is -4.87. The molecule has 0 radical (unpaired) electrons. The number of hydrogen-bond donors (Lipinski definition) is 1. The molecule has 11 heteroatoms. The molecular weight excluding hydrogens is 599 g/mol. The molecule has 9 nitrogen and oxygen atoms in total. The molecular formula is C33H27N3O6S2. The molecule has 5 aromatic rings. The molecule has 0 spiro atoms. The van der Waals surface area contributed by atoms with Gasteiger partial charge in [-0.2, -0.15) is 0 Å². The van der Waals surface area contributed by atoms with E-state index in [1.807, 2.05) is 18.2 Å². The number of nitrogens with zero attached hydrogens (tertiary/aromatic N) is 3. The first-order chi connectivity index (χ1) is 21.4. The quantitative estimate of drug-likeness (QED) is 0.0634. The number of ketones is 1. The Labute approximate surface area is 261 Å². The number of amides is 1. The van der Waals surface area contributed by atoms with Crippen LogP contribution in [0.25, 0.3) is 16.5 Å². The van der Waals surface area contributed by atoms with E-state index >= 15 is 0 Å². The monoisotopic (exact) mass is 625 g/mol. The Morgan fingerprint density at radius 3 is 2.45 bits per heavy atom. The Morgan fingerprint density at radius 2 is 1.66 bits per heavy atom. The first kappa shape index (κ1) is 29.2. The summed E-state index contributed by atoms with van der Waals surface area (Å²) in [4.78, 5) is 28.5. The number of aliphatic hydroxyl groups is 1. The summed E-state index contributed by atoms with van der Waals surface area (Å²) < 4.78 is 16.8. The predicted octanol–water partition coefficient (Wildman–Crippen LogP) is 6.64. The van der Waals surface area contributed by atoms with E-state index in [1.54, 1.807) is 42.5 Å². The number of aliphatic hydroxyl groups excluding tert-OH is 1. The summed E-state index contributed by atoms with van der Waals surface area (Å²) in [5.41, 5.74) is 1.91. The van der Waals surface area contributed by atoms with E-state index in [-0.39, 0.29) is 22.0 Å². The summed E-state index contributed by atoms with van der Waals surface area (Å²) in [7, 11) is 4.51. The average molecular weight is 626 g/mol. The zero-order chi connectivity index (χ0) is 30.8. The summed E-state index contributed by atoms with van der Waals surface area (Å²) in [6.07, 6.45) is 0. The maximum absolute atomic E-state index is 13.6. The summed E-state index contributed by atoms with van der Waals surface area (Å²) in [5.74, 6) is -0.0192. The molecule has 6 rings (SSSR count). The molecule has 1 aromatic heterocycles. The Balaban J connectivity index is 1.39. The highest BCUT2D eigenvalue weighted by atomic mass is 32.2. The first-order valence-corrected chi connectivity index (χ1v) is 15.3. The number of Topliss-reactive ketones (excluding diaryl/α,β-unsaturated/α-hetero) is 1. The molecule has 4 aromatic carbocycles. The lowest BCUT2D eigenvalue weighted by Crippen LogP contribution is -2.29. The van der Waals surface area contributed by atoms with Crippen LogP contribution in [0.15, 0.2) is 94.8 Å². The van der Waals surface area contributed by atoms with Crippen LogP contribution in [0.4, 0.5) is 5.13 Å². The molecule has 222 valence electrons. The molecule has 1 N–H and O–H groups in total. The fraction of sp³-hybridized carbons (Fsp3) is 0.152. The molecule has 0 saturated carbocycles. The van der Waals surface area contributed by atoms with Crippen LogP contribution in [0.1, 0.15) is 22.7 Å². The van der Waals surface area contributed by atoms with Crippen LogP contribution >= 0.6 is 23.1 Å². The fourth-order valence-corrected chi connectivity index (χ4v) is 7.08. The van der Waals surface area contributed by atoms with Gasteiger partial charge in [0.15, 0.2) is 15.8 Å². The van der Waals surface area contributed by atoms with Gasteiger partial charge in [-0.25, -0.2) is 0 Å². The van der Waals surface area contributed by atoms with E-state index < -0.39 is 17.7 Å². The third-order valence-corrected chi connectivity index (χ3v) is 9.45. The van der Waals surface area contributed by atoms with Crippen molar-refractivity contribution in [2.24, 2.45) is 0 Å². The number of hydrogen-bond acceptors (Lipinski definition) is 10. The molecule has 1 aliphatic heterocycles. The largest absolute Gasteiger partial charge is 0.507 e. The van der Waals surface area contributed by atoms with E-state index in [0.29, 0.717) is 32.9 Å². The van der Waals surface area contributed by atoms with Gasteiger partial charge in [0.2, 0.25) is 5.13 Å². The number of ether oxygens (including phenoxy) is 3. The van der Waals surface area contributed by atoms with Gasteiger partial charge in [-0.3, -0.25) is 14.5 Å². The molecule has 44 heavy (non-hydrogen) atoms. The molecule has 0 aliphatic carbocycles. The number of aromatic nitrogens is 2. The van der Waals surface area contributed by atoms with Gasteiger partial charge >= 0.3 is 5.91 Å². The van der Waals surface area contributed by atoms with Crippen LogP contribution < -0.4 is 19.1 Å². The predicted molar refractivity (Wildman–Crippen MR) is 171 cm³/mol. The number of anilines is 1. The zero-order valence-corrected chi connectivity index (χ0v) is 25.6. The van der Waals surface area contributed by atoms with Crippen molar-refractivity contribution < 1.29 is 28.9 Å². The van der Waals surface area contributed by atoms with Crippen molar-refractivity contribution in [2.45, 2.75) is 16.1 Å². The number of fused-ring (bicyclic) bond motifs is 1. The third kappa shape index (κ3) is 5.36. The van der Waals surface area contributed by atoms with Crippen LogP contribution in [0.3, 0.4) is 0 Å². The normalized spacial score (nSPS) is 16.0. The first-order valence-electron chi connectivity index (χ1n) is 13.5. The van der Waals surface area contributed by atoms with Crippen LogP contribution in [0.2, 0.25) is 0 Å². The molecule has 1 atom stereocenters. The van der Waals surface area contributed by atoms with E-state index in [2.05, 4.69) is 34.5 Å². The van der Waals surface area contributed by atoms with Gasteiger partial charge in [0.1, 0.15) is 11.5 Å². The van der Waals surface area contributed by atoms with Gasteiger partial charge in [-0.05, 0) is 52.2 Å². The van der Waals surface area contributed by atoms with Gasteiger partial charge in [-0.15, -0.1) is 10.2 Å². The molecule has 1 unspecified atom stereocenters. The van der Waals surface area contributed by atoms with Gasteiger partial charge in [0.25, 0.3) is 5.78 Å². The van der Waals surface area contributed by atoms with Crippen molar-refractivity contribution in [1.29, 1.82) is 0 Å². The minimum absolute atomic E-state index is 0.0874. The highest BCUT2D eigenvalue weighted by molar-refractivity contribution is 8.00. The zero-order valence-electron chi connectivity index (χ0n) is 24.0. The molecule has 2 heterocycles. The third-order valence-electron chi connectivity index (χ3n) is 7.34. The summed E-state index contributed by atoms with van der Waals surface area (Å²) >= 11 is 2.71. The lowest BCUT2D eigenvalue weighted by molar-refractivity contribution is -0.132. The molecule has 0 bridgehead atoms. The van der Waals surface area contributed by atoms with Crippen molar-refractivity contribution in [3.63, 3.8) is 0 Å². The number of rotatable bonds is 9.